The summed E-state index contributed by atoms with van der Waals surface area (Å²) in [6.45, 7) is 3.96. The molecule has 0 aliphatic heterocycles. The third kappa shape index (κ3) is 2.53. The van der Waals surface area contributed by atoms with E-state index >= 15 is 0 Å². The first kappa shape index (κ1) is 10.7. The third-order valence-corrected chi connectivity index (χ3v) is 2.95. The van der Waals surface area contributed by atoms with E-state index in [2.05, 4.69) is 0 Å². The average molecular weight is 186 g/mol. The van der Waals surface area contributed by atoms with E-state index in [0.29, 0.717) is 6.42 Å². The van der Waals surface area contributed by atoms with Crippen molar-refractivity contribution < 1.29 is 9.50 Å². The number of aliphatic hydroxyl groups excluding tert-OH is 1. The number of halogens is 1. The van der Waals surface area contributed by atoms with Crippen molar-refractivity contribution in [2.24, 2.45) is 5.92 Å². The molecule has 0 saturated heterocycles. The molecule has 76 valence electrons. The van der Waals surface area contributed by atoms with E-state index in [1.54, 1.807) is 0 Å². The topological polar surface area (TPSA) is 20.2 Å². The van der Waals surface area contributed by atoms with Gasteiger partial charge in [-0.3, -0.25) is 0 Å². The Morgan fingerprint density at radius 1 is 1.62 bits per heavy atom. The standard InChI is InChI=1S/C11H19FO/c1-3-8-7-9(11(13)4-2)5-6-10(8)12/h5,8,10-11,13H,3-4,6-7H2,1-2H3/t8-,10?,11-/m1/s1. The van der Waals surface area contributed by atoms with Gasteiger partial charge in [-0.2, -0.15) is 0 Å². The largest absolute Gasteiger partial charge is 0.389 e. The van der Waals surface area contributed by atoms with Crippen LogP contribution in [-0.2, 0) is 0 Å². The maximum Gasteiger partial charge on any atom is 0.107 e. The van der Waals surface area contributed by atoms with Crippen molar-refractivity contribution in [2.75, 3.05) is 0 Å². The lowest BCUT2D eigenvalue weighted by atomic mass is 9.83. The number of hydrogen-bond acceptors (Lipinski definition) is 1. The first-order valence-electron chi connectivity index (χ1n) is 5.20. The second-order valence-electron chi connectivity index (χ2n) is 3.83. The summed E-state index contributed by atoms with van der Waals surface area (Å²) >= 11 is 0. The van der Waals surface area contributed by atoms with Crippen molar-refractivity contribution in [3.05, 3.63) is 11.6 Å². The Morgan fingerprint density at radius 2 is 2.31 bits per heavy atom. The van der Waals surface area contributed by atoms with Crippen molar-refractivity contribution in [1.82, 2.24) is 0 Å². The molecule has 3 atom stereocenters. The maximum absolute atomic E-state index is 13.3. The fourth-order valence-corrected chi connectivity index (χ4v) is 1.90. The van der Waals surface area contributed by atoms with Crippen molar-refractivity contribution in [1.29, 1.82) is 0 Å². The van der Waals surface area contributed by atoms with E-state index < -0.39 is 6.17 Å². The molecule has 0 fully saturated rings. The summed E-state index contributed by atoms with van der Waals surface area (Å²) in [5, 5.41) is 9.59. The van der Waals surface area contributed by atoms with Gasteiger partial charge in [0.2, 0.25) is 0 Å². The predicted molar refractivity (Wildman–Crippen MR) is 52.3 cm³/mol. The van der Waals surface area contributed by atoms with E-state index in [1.807, 2.05) is 19.9 Å². The molecule has 0 aromatic heterocycles. The summed E-state index contributed by atoms with van der Waals surface area (Å²) in [7, 11) is 0. The summed E-state index contributed by atoms with van der Waals surface area (Å²) in [6, 6.07) is 0. The van der Waals surface area contributed by atoms with Gasteiger partial charge in [0.1, 0.15) is 6.17 Å². The molecular formula is C11H19FO. The minimum Gasteiger partial charge on any atom is -0.389 e. The number of aliphatic hydroxyl groups is 1. The van der Waals surface area contributed by atoms with Gasteiger partial charge >= 0.3 is 0 Å². The monoisotopic (exact) mass is 186 g/mol. The van der Waals surface area contributed by atoms with Crippen molar-refractivity contribution >= 4 is 0 Å². The van der Waals surface area contributed by atoms with Crippen LogP contribution < -0.4 is 0 Å². The Hall–Kier alpha value is -0.370. The lowest BCUT2D eigenvalue weighted by Gasteiger charge is -2.27. The maximum atomic E-state index is 13.3. The van der Waals surface area contributed by atoms with Crippen LogP contribution in [-0.4, -0.2) is 17.4 Å². The van der Waals surface area contributed by atoms with Crippen LogP contribution in [0.2, 0.25) is 0 Å². The zero-order valence-corrected chi connectivity index (χ0v) is 8.46. The quantitative estimate of drug-likeness (QED) is 0.672. The number of rotatable bonds is 3. The van der Waals surface area contributed by atoms with Crippen molar-refractivity contribution in [3.63, 3.8) is 0 Å². The van der Waals surface area contributed by atoms with Crippen LogP contribution >= 0.6 is 0 Å². The molecule has 1 aliphatic rings. The fourth-order valence-electron chi connectivity index (χ4n) is 1.90. The summed E-state index contributed by atoms with van der Waals surface area (Å²) < 4.78 is 13.3. The first-order valence-corrected chi connectivity index (χ1v) is 5.20. The van der Waals surface area contributed by atoms with E-state index in [0.717, 1.165) is 24.8 Å². The van der Waals surface area contributed by atoms with Crippen LogP contribution in [0, 0.1) is 5.92 Å². The van der Waals surface area contributed by atoms with E-state index in [1.165, 1.54) is 0 Å². The highest BCUT2D eigenvalue weighted by atomic mass is 19.1. The molecule has 2 heteroatoms. The lowest BCUT2D eigenvalue weighted by Crippen LogP contribution is -2.23. The van der Waals surface area contributed by atoms with Crippen LogP contribution in [0.1, 0.15) is 39.5 Å². The van der Waals surface area contributed by atoms with Gasteiger partial charge in [0, 0.05) is 0 Å². The van der Waals surface area contributed by atoms with E-state index in [4.69, 9.17) is 0 Å². The Labute approximate surface area is 79.7 Å². The third-order valence-electron chi connectivity index (χ3n) is 2.95. The molecule has 1 N–H and O–H groups in total. The van der Waals surface area contributed by atoms with E-state index in [9.17, 15) is 9.50 Å². The Morgan fingerprint density at radius 3 is 2.85 bits per heavy atom. The first-order chi connectivity index (χ1) is 6.19. The predicted octanol–water partition coefficient (Wildman–Crippen LogP) is 2.84. The average Bonchev–Trinajstić information content (AvgIpc) is 2.17. The van der Waals surface area contributed by atoms with Gasteiger partial charge in [0.15, 0.2) is 0 Å². The smallest absolute Gasteiger partial charge is 0.107 e. The summed E-state index contributed by atoms with van der Waals surface area (Å²) in [6.07, 6.45) is 3.68. The van der Waals surface area contributed by atoms with Crippen molar-refractivity contribution in [3.8, 4) is 0 Å². The Kier molecular flexibility index (Phi) is 3.91. The van der Waals surface area contributed by atoms with Gasteiger partial charge in [0.25, 0.3) is 0 Å². The SMILES string of the molecule is CC[C@@H]1CC([C@H](O)CC)=CCC1F. The summed E-state index contributed by atoms with van der Waals surface area (Å²) in [5.41, 5.74) is 1.04. The van der Waals surface area contributed by atoms with E-state index in [-0.39, 0.29) is 12.0 Å². The number of hydrogen-bond donors (Lipinski definition) is 1. The molecule has 1 aliphatic carbocycles. The molecular weight excluding hydrogens is 167 g/mol. The molecule has 0 heterocycles. The zero-order valence-electron chi connectivity index (χ0n) is 8.46. The molecule has 0 bridgehead atoms. The highest BCUT2D eigenvalue weighted by Gasteiger charge is 2.26. The van der Waals surface area contributed by atoms with Gasteiger partial charge < -0.3 is 5.11 Å². The normalized spacial score (nSPS) is 31.2. The molecule has 0 spiro atoms. The van der Waals surface area contributed by atoms with Crippen molar-refractivity contribution in [2.45, 2.75) is 51.8 Å². The fraction of sp³-hybridized carbons (Fsp3) is 0.818. The molecule has 1 nitrogen and oxygen atoms in total. The van der Waals surface area contributed by atoms with Gasteiger partial charge in [-0.15, -0.1) is 0 Å². The van der Waals surface area contributed by atoms with Crippen LogP contribution in [0.15, 0.2) is 11.6 Å². The zero-order chi connectivity index (χ0) is 9.84. The molecule has 0 saturated carbocycles. The summed E-state index contributed by atoms with van der Waals surface area (Å²) in [4.78, 5) is 0. The van der Waals surface area contributed by atoms with Gasteiger partial charge in [-0.1, -0.05) is 26.3 Å². The molecule has 0 amide bonds. The van der Waals surface area contributed by atoms with Gasteiger partial charge in [-0.25, -0.2) is 4.39 Å². The highest BCUT2D eigenvalue weighted by molar-refractivity contribution is 5.13. The van der Waals surface area contributed by atoms with Crippen LogP contribution in [0.25, 0.3) is 0 Å². The minimum atomic E-state index is -0.696. The Balaban J connectivity index is 2.59. The van der Waals surface area contributed by atoms with Crippen LogP contribution in [0.4, 0.5) is 4.39 Å². The number of alkyl halides is 1. The molecule has 0 aromatic rings. The minimum absolute atomic E-state index is 0.126. The second-order valence-corrected chi connectivity index (χ2v) is 3.83. The molecule has 0 aromatic carbocycles. The van der Waals surface area contributed by atoms with Crippen LogP contribution in [0.5, 0.6) is 0 Å². The molecule has 1 rings (SSSR count). The summed E-state index contributed by atoms with van der Waals surface area (Å²) in [5.74, 6) is 0.126. The Bertz CT molecular complexity index is 189. The number of allylic oxidation sites excluding steroid dienone is 1. The highest BCUT2D eigenvalue weighted by Crippen LogP contribution is 2.31. The van der Waals surface area contributed by atoms with Gasteiger partial charge in [-0.05, 0) is 30.8 Å². The van der Waals surface area contributed by atoms with Gasteiger partial charge in [0.05, 0.1) is 6.10 Å². The molecule has 1 unspecified atom stereocenters. The lowest BCUT2D eigenvalue weighted by molar-refractivity contribution is 0.166. The van der Waals surface area contributed by atoms with Crippen LogP contribution in [0.3, 0.4) is 0 Å². The second kappa shape index (κ2) is 4.75. The molecule has 13 heavy (non-hydrogen) atoms. The molecule has 0 radical (unpaired) electrons.